The highest BCUT2D eigenvalue weighted by Gasteiger charge is 2.24. The predicted octanol–water partition coefficient (Wildman–Crippen LogP) is 3.23. The molecule has 0 spiro atoms. The number of halogens is 1. The molecular formula is C17H13ClN2O5S. The third-order valence-corrected chi connectivity index (χ3v) is 4.62. The van der Waals surface area contributed by atoms with Gasteiger partial charge in [-0.2, -0.15) is 5.26 Å². The maximum atomic E-state index is 12.3. The fourth-order valence-electron chi connectivity index (χ4n) is 2.22. The van der Waals surface area contributed by atoms with Gasteiger partial charge >= 0.3 is 5.97 Å². The van der Waals surface area contributed by atoms with E-state index in [-0.39, 0.29) is 10.6 Å². The fraction of sp³-hybridized carbons (Fsp3) is 0.235. The minimum Gasteiger partial charge on any atom is -0.486 e. The van der Waals surface area contributed by atoms with Gasteiger partial charge in [0.2, 0.25) is 0 Å². The van der Waals surface area contributed by atoms with Crippen LogP contribution in [0.15, 0.2) is 23.6 Å². The predicted molar refractivity (Wildman–Crippen MR) is 95.0 cm³/mol. The summed E-state index contributed by atoms with van der Waals surface area (Å²) in [5.41, 5.74) is 0.494. The quantitative estimate of drug-likeness (QED) is 0.802. The van der Waals surface area contributed by atoms with Crippen LogP contribution in [-0.2, 0) is 9.53 Å². The van der Waals surface area contributed by atoms with Gasteiger partial charge in [0, 0.05) is 0 Å². The molecule has 3 rings (SSSR count). The van der Waals surface area contributed by atoms with Crippen molar-refractivity contribution >= 4 is 39.8 Å². The lowest BCUT2D eigenvalue weighted by Crippen LogP contribution is -2.30. The van der Waals surface area contributed by atoms with Gasteiger partial charge in [0.1, 0.15) is 24.3 Å². The van der Waals surface area contributed by atoms with Crippen LogP contribution in [0.1, 0.15) is 22.8 Å². The van der Waals surface area contributed by atoms with E-state index in [4.69, 9.17) is 31.1 Å². The maximum absolute atomic E-state index is 12.3. The Morgan fingerprint density at radius 1 is 1.38 bits per heavy atom. The number of nitriles is 1. The first-order valence-electron chi connectivity index (χ1n) is 7.58. The number of carbonyl (C=O) groups is 2. The normalized spacial score (nSPS) is 13.4. The Kier molecular flexibility index (Phi) is 5.30. The smallest absolute Gasteiger partial charge is 0.339 e. The van der Waals surface area contributed by atoms with Crippen LogP contribution in [0.2, 0.25) is 5.02 Å². The topological polar surface area (TPSA) is 97.7 Å². The van der Waals surface area contributed by atoms with E-state index in [0.717, 1.165) is 0 Å². The van der Waals surface area contributed by atoms with Crippen molar-refractivity contribution in [3.63, 3.8) is 0 Å². The Bertz CT molecular complexity index is 905. The third-order valence-electron chi connectivity index (χ3n) is 3.51. The van der Waals surface area contributed by atoms with Crippen molar-refractivity contribution in [2.24, 2.45) is 0 Å². The number of thiophene rings is 1. The number of benzene rings is 1. The van der Waals surface area contributed by atoms with Gasteiger partial charge in [-0.05, 0) is 30.5 Å². The van der Waals surface area contributed by atoms with E-state index >= 15 is 0 Å². The molecule has 0 unspecified atom stereocenters. The van der Waals surface area contributed by atoms with Crippen molar-refractivity contribution in [1.82, 2.24) is 0 Å². The minimum absolute atomic E-state index is 0.146. The van der Waals surface area contributed by atoms with Crippen molar-refractivity contribution in [2.45, 2.75) is 13.0 Å². The van der Waals surface area contributed by atoms with Crippen molar-refractivity contribution < 1.29 is 23.8 Å². The van der Waals surface area contributed by atoms with Gasteiger partial charge in [0.25, 0.3) is 5.91 Å². The number of nitrogens with zero attached hydrogens (tertiary/aromatic N) is 1. The Morgan fingerprint density at radius 3 is 2.92 bits per heavy atom. The highest BCUT2D eigenvalue weighted by Crippen LogP contribution is 2.38. The molecule has 7 nitrogen and oxygen atoms in total. The van der Waals surface area contributed by atoms with Crippen molar-refractivity contribution in [3.8, 4) is 17.6 Å². The Labute approximate surface area is 158 Å². The number of carbonyl (C=O) groups excluding carboxylic acids is 2. The summed E-state index contributed by atoms with van der Waals surface area (Å²) in [5.74, 6) is -0.536. The Balaban J connectivity index is 1.68. The molecule has 0 saturated heterocycles. The number of esters is 1. The van der Waals surface area contributed by atoms with E-state index in [1.165, 1.54) is 30.4 Å². The lowest BCUT2D eigenvalue weighted by Gasteiger charge is -2.20. The van der Waals surface area contributed by atoms with Crippen LogP contribution in [0.5, 0.6) is 11.5 Å². The van der Waals surface area contributed by atoms with Crippen LogP contribution in [0, 0.1) is 11.3 Å². The lowest BCUT2D eigenvalue weighted by atomic mass is 10.2. The molecule has 2 aromatic rings. The van der Waals surface area contributed by atoms with Gasteiger partial charge in [-0.25, -0.2) is 4.79 Å². The molecule has 1 amide bonds. The van der Waals surface area contributed by atoms with E-state index in [0.29, 0.717) is 35.3 Å². The molecule has 134 valence electrons. The molecular weight excluding hydrogens is 380 g/mol. The molecule has 1 atom stereocenters. The van der Waals surface area contributed by atoms with Crippen molar-refractivity contribution in [1.29, 1.82) is 5.26 Å². The summed E-state index contributed by atoms with van der Waals surface area (Å²) in [6.45, 7) is 2.16. The molecule has 1 aromatic heterocycles. The highest BCUT2D eigenvalue weighted by molar-refractivity contribution is 7.14. The minimum atomic E-state index is -1.07. The average Bonchev–Trinajstić information content (AvgIpc) is 3.08. The molecule has 1 aromatic carbocycles. The lowest BCUT2D eigenvalue weighted by molar-refractivity contribution is -0.123. The van der Waals surface area contributed by atoms with Crippen LogP contribution in [0.4, 0.5) is 5.00 Å². The second-order valence-electron chi connectivity index (χ2n) is 5.29. The number of ether oxygens (including phenoxy) is 3. The molecule has 0 aliphatic carbocycles. The van der Waals surface area contributed by atoms with E-state index < -0.39 is 18.0 Å². The summed E-state index contributed by atoms with van der Waals surface area (Å²) in [5, 5.41) is 13.8. The molecule has 0 bridgehead atoms. The highest BCUT2D eigenvalue weighted by atomic mass is 35.5. The van der Waals surface area contributed by atoms with Gasteiger partial charge < -0.3 is 19.5 Å². The molecule has 0 saturated carbocycles. The second-order valence-corrected chi connectivity index (χ2v) is 6.62. The van der Waals surface area contributed by atoms with Gasteiger partial charge in [0.15, 0.2) is 17.6 Å². The molecule has 1 aliphatic heterocycles. The van der Waals surface area contributed by atoms with E-state index in [2.05, 4.69) is 5.32 Å². The van der Waals surface area contributed by atoms with Crippen LogP contribution in [0.25, 0.3) is 0 Å². The number of fused-ring (bicyclic) bond motifs is 1. The van der Waals surface area contributed by atoms with Crippen LogP contribution < -0.4 is 14.8 Å². The van der Waals surface area contributed by atoms with Gasteiger partial charge in [-0.15, -0.1) is 11.3 Å². The Hall–Kier alpha value is -2.76. The number of rotatable bonds is 4. The first-order valence-corrected chi connectivity index (χ1v) is 8.84. The monoisotopic (exact) mass is 392 g/mol. The van der Waals surface area contributed by atoms with Crippen molar-refractivity contribution in [3.05, 3.63) is 39.7 Å². The van der Waals surface area contributed by atoms with Crippen LogP contribution in [0.3, 0.4) is 0 Å². The Morgan fingerprint density at radius 2 is 2.15 bits per heavy atom. The number of nitrogens with one attached hydrogen (secondary N) is 1. The fourth-order valence-corrected chi connectivity index (χ4v) is 3.22. The maximum Gasteiger partial charge on any atom is 0.339 e. The van der Waals surface area contributed by atoms with E-state index in [9.17, 15) is 9.59 Å². The number of anilines is 1. The van der Waals surface area contributed by atoms with Crippen LogP contribution >= 0.6 is 22.9 Å². The number of hydrogen-bond acceptors (Lipinski definition) is 7. The molecule has 1 N–H and O–H groups in total. The molecule has 1 aliphatic rings. The summed E-state index contributed by atoms with van der Waals surface area (Å²) < 4.78 is 16.0. The molecule has 26 heavy (non-hydrogen) atoms. The summed E-state index contributed by atoms with van der Waals surface area (Å²) >= 11 is 7.31. The van der Waals surface area contributed by atoms with Gasteiger partial charge in [-0.1, -0.05) is 11.6 Å². The molecule has 2 heterocycles. The second kappa shape index (κ2) is 7.64. The largest absolute Gasteiger partial charge is 0.486 e. The first-order chi connectivity index (χ1) is 12.5. The van der Waals surface area contributed by atoms with Crippen molar-refractivity contribution in [2.75, 3.05) is 18.5 Å². The first kappa shape index (κ1) is 18.0. The standard InChI is InChI=1S/C17H13ClN2O5S/c1-9(15(21)20-16-10(8-19)2-5-26-16)25-17(22)11-6-12(18)14-13(7-11)23-3-4-24-14/h2,5-7,9H,3-4H2,1H3,(H,20,21)/t9-/m1/s1. The van der Waals surface area contributed by atoms with Gasteiger partial charge in [0.05, 0.1) is 16.1 Å². The van der Waals surface area contributed by atoms with Gasteiger partial charge in [-0.3, -0.25) is 4.79 Å². The number of amides is 1. The SMILES string of the molecule is C[C@@H](OC(=O)c1cc(Cl)c2c(c1)OCCO2)C(=O)Nc1sccc1C#N. The zero-order valence-corrected chi connectivity index (χ0v) is 15.1. The third kappa shape index (κ3) is 3.74. The molecule has 9 heteroatoms. The zero-order chi connectivity index (χ0) is 18.7. The average molecular weight is 393 g/mol. The van der Waals surface area contributed by atoms with E-state index in [1.807, 2.05) is 6.07 Å². The molecule has 0 radical (unpaired) electrons. The summed E-state index contributed by atoms with van der Waals surface area (Å²) in [7, 11) is 0. The molecule has 0 fully saturated rings. The zero-order valence-electron chi connectivity index (χ0n) is 13.6. The summed E-state index contributed by atoms with van der Waals surface area (Å²) in [4.78, 5) is 24.5. The summed E-state index contributed by atoms with van der Waals surface area (Å²) in [6.07, 6.45) is -1.07. The number of hydrogen-bond donors (Lipinski definition) is 1. The van der Waals surface area contributed by atoms with E-state index in [1.54, 1.807) is 11.4 Å². The van der Waals surface area contributed by atoms with Crippen LogP contribution in [-0.4, -0.2) is 31.2 Å². The summed E-state index contributed by atoms with van der Waals surface area (Å²) in [6, 6.07) is 6.42.